The first-order valence-electron chi connectivity index (χ1n) is 9.68. The normalized spacial score (nSPS) is 25.7. The van der Waals surface area contributed by atoms with Crippen LogP contribution in [0.5, 0.6) is 0 Å². The molecule has 0 aromatic rings. The largest absolute Gasteiger partial charge is 0.480 e. The van der Waals surface area contributed by atoms with Crippen molar-refractivity contribution in [2.24, 2.45) is 23.2 Å². The van der Waals surface area contributed by atoms with Gasteiger partial charge in [-0.3, -0.25) is 4.79 Å². The van der Waals surface area contributed by atoms with E-state index in [1.807, 2.05) is 20.8 Å². The van der Waals surface area contributed by atoms with Gasteiger partial charge in [0.2, 0.25) is 5.91 Å². The van der Waals surface area contributed by atoms with Crippen molar-refractivity contribution >= 4 is 11.9 Å². The van der Waals surface area contributed by atoms with Crippen LogP contribution in [0, 0.1) is 23.2 Å². The molecule has 1 fully saturated rings. The highest BCUT2D eigenvalue weighted by Crippen LogP contribution is 2.40. The molecule has 4 nitrogen and oxygen atoms in total. The van der Waals surface area contributed by atoms with Crippen LogP contribution in [0.25, 0.3) is 0 Å². The molecule has 0 aromatic carbocycles. The quantitative estimate of drug-likeness (QED) is 0.644. The van der Waals surface area contributed by atoms with Crippen LogP contribution in [-0.2, 0) is 9.59 Å². The van der Waals surface area contributed by atoms with Crippen LogP contribution in [0.1, 0.15) is 86.0 Å². The van der Waals surface area contributed by atoms with E-state index in [1.165, 1.54) is 19.3 Å². The van der Waals surface area contributed by atoms with Gasteiger partial charge in [-0.25, -0.2) is 4.79 Å². The summed E-state index contributed by atoms with van der Waals surface area (Å²) in [6, 6.07) is -0.766. The smallest absolute Gasteiger partial charge is 0.326 e. The molecule has 0 aromatic heterocycles. The van der Waals surface area contributed by atoms with Crippen LogP contribution in [0.4, 0.5) is 0 Å². The molecular formula is C20H37NO3. The third-order valence-corrected chi connectivity index (χ3v) is 5.46. The van der Waals surface area contributed by atoms with Gasteiger partial charge < -0.3 is 10.4 Å². The molecule has 0 aliphatic heterocycles. The van der Waals surface area contributed by atoms with Crippen molar-refractivity contribution in [1.82, 2.24) is 5.32 Å². The number of aliphatic carboxylic acids is 1. The number of rotatable bonds is 9. The lowest BCUT2D eigenvalue weighted by Crippen LogP contribution is -2.49. The number of carboxylic acid groups (broad SMARTS) is 1. The molecule has 24 heavy (non-hydrogen) atoms. The van der Waals surface area contributed by atoms with Crippen LogP contribution < -0.4 is 5.32 Å². The standard InChI is InChI=1S/C20H37NO3/c1-14(2)7-6-8-16-9-11-20(5,12-10-16)19(24)21-17(18(22)23)13-15(3)4/h14-17H,6-13H2,1-5H3,(H,21,24)(H,22,23)/t16-,17?,20+. The Hall–Kier alpha value is -1.06. The first-order chi connectivity index (χ1) is 11.1. The Balaban J connectivity index is 2.49. The lowest BCUT2D eigenvalue weighted by molar-refractivity contribution is -0.144. The molecule has 0 radical (unpaired) electrons. The number of nitrogens with one attached hydrogen (secondary N) is 1. The van der Waals surface area contributed by atoms with Crippen molar-refractivity contribution in [2.45, 2.75) is 92.0 Å². The van der Waals surface area contributed by atoms with Crippen molar-refractivity contribution in [1.29, 1.82) is 0 Å². The summed E-state index contributed by atoms with van der Waals surface area (Å²) in [6.07, 6.45) is 8.23. The molecule has 0 saturated heterocycles. The molecule has 4 heteroatoms. The molecule has 1 rings (SSSR count). The molecular weight excluding hydrogens is 302 g/mol. The van der Waals surface area contributed by atoms with Crippen LogP contribution in [0.2, 0.25) is 0 Å². The molecule has 1 amide bonds. The zero-order valence-electron chi connectivity index (χ0n) is 16.2. The Bertz CT molecular complexity index is 409. The van der Waals surface area contributed by atoms with Crippen LogP contribution >= 0.6 is 0 Å². The maximum atomic E-state index is 12.7. The van der Waals surface area contributed by atoms with E-state index in [-0.39, 0.29) is 11.8 Å². The summed E-state index contributed by atoms with van der Waals surface area (Å²) in [5, 5.41) is 12.1. The predicted molar refractivity (Wildman–Crippen MR) is 97.8 cm³/mol. The summed E-state index contributed by atoms with van der Waals surface area (Å²) in [7, 11) is 0. The maximum Gasteiger partial charge on any atom is 0.326 e. The van der Waals surface area contributed by atoms with Gasteiger partial charge in [0.1, 0.15) is 6.04 Å². The van der Waals surface area contributed by atoms with Gasteiger partial charge in [-0.05, 0) is 49.9 Å². The molecule has 140 valence electrons. The maximum absolute atomic E-state index is 12.7. The zero-order valence-corrected chi connectivity index (χ0v) is 16.2. The summed E-state index contributed by atoms with van der Waals surface area (Å²) >= 11 is 0. The van der Waals surface area contributed by atoms with E-state index >= 15 is 0 Å². The highest BCUT2D eigenvalue weighted by molar-refractivity contribution is 5.87. The number of hydrogen-bond donors (Lipinski definition) is 2. The first-order valence-corrected chi connectivity index (χ1v) is 9.68. The van der Waals surface area contributed by atoms with Crippen LogP contribution in [-0.4, -0.2) is 23.0 Å². The number of carboxylic acids is 1. The van der Waals surface area contributed by atoms with Gasteiger partial charge in [0.05, 0.1) is 0 Å². The Morgan fingerprint density at radius 3 is 2.17 bits per heavy atom. The van der Waals surface area contributed by atoms with E-state index in [4.69, 9.17) is 0 Å². The molecule has 1 atom stereocenters. The van der Waals surface area contributed by atoms with Gasteiger partial charge in [-0.2, -0.15) is 0 Å². The van der Waals surface area contributed by atoms with E-state index in [2.05, 4.69) is 19.2 Å². The first kappa shape index (κ1) is 21.0. The Labute approximate surface area is 147 Å². The lowest BCUT2D eigenvalue weighted by atomic mass is 9.70. The van der Waals surface area contributed by atoms with E-state index < -0.39 is 17.4 Å². The fourth-order valence-electron chi connectivity index (χ4n) is 3.67. The van der Waals surface area contributed by atoms with E-state index in [0.717, 1.165) is 37.5 Å². The second-order valence-electron chi connectivity index (χ2n) is 8.82. The minimum Gasteiger partial charge on any atom is -0.480 e. The molecule has 0 spiro atoms. The van der Waals surface area contributed by atoms with E-state index in [0.29, 0.717) is 6.42 Å². The van der Waals surface area contributed by atoms with Crippen molar-refractivity contribution in [2.75, 3.05) is 0 Å². The van der Waals surface area contributed by atoms with Crippen LogP contribution in [0.3, 0.4) is 0 Å². The van der Waals surface area contributed by atoms with E-state index in [9.17, 15) is 14.7 Å². The highest BCUT2D eigenvalue weighted by Gasteiger charge is 2.38. The Kier molecular flexibility index (Phi) is 8.24. The minimum atomic E-state index is -0.928. The van der Waals surface area contributed by atoms with Gasteiger partial charge in [-0.15, -0.1) is 0 Å². The van der Waals surface area contributed by atoms with Crippen molar-refractivity contribution in [3.63, 3.8) is 0 Å². The predicted octanol–water partition coefficient (Wildman–Crippen LogP) is 4.62. The molecule has 0 bridgehead atoms. The van der Waals surface area contributed by atoms with Gasteiger partial charge in [0.15, 0.2) is 0 Å². The third kappa shape index (κ3) is 6.82. The fourth-order valence-corrected chi connectivity index (χ4v) is 3.67. The van der Waals surface area contributed by atoms with Gasteiger partial charge in [-0.1, -0.05) is 53.9 Å². The average Bonchev–Trinajstić information content (AvgIpc) is 2.47. The fraction of sp³-hybridized carbons (Fsp3) is 0.900. The summed E-state index contributed by atoms with van der Waals surface area (Å²) in [5.41, 5.74) is -0.404. The van der Waals surface area contributed by atoms with Crippen LogP contribution in [0.15, 0.2) is 0 Å². The molecule has 0 heterocycles. The van der Waals surface area contributed by atoms with Gasteiger partial charge in [0.25, 0.3) is 0 Å². The number of carbonyl (C=O) groups is 2. The Morgan fingerprint density at radius 2 is 1.71 bits per heavy atom. The molecule has 1 aliphatic carbocycles. The SMILES string of the molecule is CC(C)CCC[C@H]1CC[C@@](C)(C(=O)NC(CC(C)C)C(=O)O)CC1. The average molecular weight is 340 g/mol. The number of hydrogen-bond acceptors (Lipinski definition) is 2. The Morgan fingerprint density at radius 1 is 1.12 bits per heavy atom. The zero-order chi connectivity index (χ0) is 18.3. The summed E-state index contributed by atoms with van der Waals surface area (Å²) in [5.74, 6) is 0.740. The summed E-state index contributed by atoms with van der Waals surface area (Å²) in [6.45, 7) is 10.5. The minimum absolute atomic E-state index is 0.0730. The topological polar surface area (TPSA) is 66.4 Å². The summed E-state index contributed by atoms with van der Waals surface area (Å²) in [4.78, 5) is 24.0. The lowest BCUT2D eigenvalue weighted by Gasteiger charge is -2.37. The van der Waals surface area contributed by atoms with Crippen molar-refractivity contribution in [3.8, 4) is 0 Å². The van der Waals surface area contributed by atoms with Crippen molar-refractivity contribution in [3.05, 3.63) is 0 Å². The number of carbonyl (C=O) groups excluding carboxylic acids is 1. The molecule has 1 unspecified atom stereocenters. The highest BCUT2D eigenvalue weighted by atomic mass is 16.4. The molecule has 1 saturated carbocycles. The van der Waals surface area contributed by atoms with Gasteiger partial charge >= 0.3 is 5.97 Å². The van der Waals surface area contributed by atoms with Crippen molar-refractivity contribution < 1.29 is 14.7 Å². The van der Waals surface area contributed by atoms with Gasteiger partial charge in [0, 0.05) is 5.41 Å². The monoisotopic (exact) mass is 339 g/mol. The second kappa shape index (κ2) is 9.43. The number of amides is 1. The summed E-state index contributed by atoms with van der Waals surface area (Å²) < 4.78 is 0. The molecule has 1 aliphatic rings. The molecule has 2 N–H and O–H groups in total. The van der Waals surface area contributed by atoms with E-state index in [1.54, 1.807) is 0 Å². The second-order valence-corrected chi connectivity index (χ2v) is 8.82. The third-order valence-electron chi connectivity index (χ3n) is 5.46.